The van der Waals surface area contributed by atoms with E-state index in [1.807, 2.05) is 13.0 Å². The zero-order valence-corrected chi connectivity index (χ0v) is 9.04. The van der Waals surface area contributed by atoms with Gasteiger partial charge in [-0.25, -0.2) is 9.97 Å². The molecule has 1 rings (SSSR count). The van der Waals surface area contributed by atoms with Gasteiger partial charge in [-0.3, -0.25) is 0 Å². The van der Waals surface area contributed by atoms with E-state index in [0.717, 1.165) is 13.2 Å². The Labute approximate surface area is 80.8 Å². The minimum atomic E-state index is 0.817. The number of rotatable bonds is 0. The van der Waals surface area contributed by atoms with Crippen LogP contribution in [0.1, 0.15) is 5.69 Å². The third-order valence-corrected chi connectivity index (χ3v) is 1.83. The topological polar surface area (TPSA) is 25.8 Å². The van der Waals surface area contributed by atoms with Crippen molar-refractivity contribution < 1.29 is 0 Å². The summed E-state index contributed by atoms with van der Waals surface area (Å²) in [5.41, 5.74) is 1.03. The van der Waals surface area contributed by atoms with E-state index in [2.05, 4.69) is 55.1 Å². The summed E-state index contributed by atoms with van der Waals surface area (Å²) < 4.78 is 1.82. The Morgan fingerprint density at radius 2 is 2.00 bits per heavy atom. The van der Waals surface area contributed by atoms with E-state index >= 15 is 0 Å². The average molecular weight is 346 g/mol. The third kappa shape index (κ3) is 2.32. The summed E-state index contributed by atoms with van der Waals surface area (Å²) in [4.78, 5) is 8.20. The largest absolute Gasteiger partial charge is 0.228 e. The predicted octanol–water partition coefficient (Wildman–Crippen LogP) is 1.99. The average Bonchev–Trinajstić information content (AvgIpc) is 1.59. The first-order valence-corrected chi connectivity index (χ1v) is 4.51. The second-order valence-corrected chi connectivity index (χ2v) is 3.67. The zero-order valence-electron chi connectivity index (χ0n) is 4.73. The smallest absolute Gasteiger partial charge is 0.191 e. The lowest BCUT2D eigenvalue weighted by Gasteiger charge is -1.92. The van der Waals surface area contributed by atoms with Crippen molar-refractivity contribution in [3.63, 3.8) is 0 Å². The number of hydrogen-bond acceptors (Lipinski definition) is 2. The monoisotopic (exact) mass is 346 g/mol. The van der Waals surface area contributed by atoms with E-state index in [1.165, 1.54) is 0 Å². The maximum Gasteiger partial charge on any atom is 0.191 e. The molecule has 0 bridgehead atoms. The molecule has 0 saturated heterocycles. The summed E-state index contributed by atoms with van der Waals surface area (Å²) >= 11 is 4.28. The SMILES string of the molecule is Cc1cc(I)nc(I)n1. The summed E-state index contributed by atoms with van der Waals surface area (Å²) in [6.45, 7) is 1.96. The number of nitrogens with zero attached hydrogens (tertiary/aromatic N) is 2. The minimum absolute atomic E-state index is 0.817. The Morgan fingerprint density at radius 1 is 1.33 bits per heavy atom. The van der Waals surface area contributed by atoms with Gasteiger partial charge in [-0.1, -0.05) is 0 Å². The van der Waals surface area contributed by atoms with E-state index in [9.17, 15) is 0 Å². The molecule has 0 aliphatic heterocycles. The first-order valence-electron chi connectivity index (χ1n) is 2.35. The molecule has 1 heterocycles. The lowest BCUT2D eigenvalue weighted by atomic mass is 10.5. The Kier molecular flexibility index (Phi) is 2.62. The van der Waals surface area contributed by atoms with Gasteiger partial charge in [0.25, 0.3) is 0 Å². The molecule has 4 heteroatoms. The van der Waals surface area contributed by atoms with Gasteiger partial charge in [0.2, 0.25) is 0 Å². The van der Waals surface area contributed by atoms with Crippen LogP contribution in [0.5, 0.6) is 0 Å². The van der Waals surface area contributed by atoms with Crippen LogP contribution < -0.4 is 0 Å². The predicted molar refractivity (Wildman–Crippen MR) is 52.2 cm³/mol. The number of hydrogen-bond donors (Lipinski definition) is 0. The molecule has 0 radical (unpaired) electrons. The number of halogens is 2. The van der Waals surface area contributed by atoms with Crippen molar-refractivity contribution in [2.45, 2.75) is 6.92 Å². The maximum atomic E-state index is 4.11. The third-order valence-electron chi connectivity index (χ3n) is 0.796. The van der Waals surface area contributed by atoms with Gasteiger partial charge < -0.3 is 0 Å². The van der Waals surface area contributed by atoms with Crippen LogP contribution in [0.4, 0.5) is 0 Å². The van der Waals surface area contributed by atoms with Crippen molar-refractivity contribution in [1.82, 2.24) is 9.97 Å². The van der Waals surface area contributed by atoms with Gasteiger partial charge >= 0.3 is 0 Å². The number of aryl methyl sites for hydroxylation is 1. The van der Waals surface area contributed by atoms with Crippen LogP contribution in [0.3, 0.4) is 0 Å². The molecule has 0 aromatic carbocycles. The van der Waals surface area contributed by atoms with Gasteiger partial charge in [0.05, 0.1) is 0 Å². The molecule has 2 nitrogen and oxygen atoms in total. The normalized spacial score (nSPS) is 9.67. The van der Waals surface area contributed by atoms with E-state index < -0.39 is 0 Å². The first-order chi connectivity index (χ1) is 4.18. The summed E-state index contributed by atoms with van der Waals surface area (Å²) in [6, 6.07) is 1.95. The molecule has 0 amide bonds. The van der Waals surface area contributed by atoms with Gasteiger partial charge in [-0.2, -0.15) is 0 Å². The van der Waals surface area contributed by atoms with Crippen LogP contribution in [0.25, 0.3) is 0 Å². The van der Waals surface area contributed by atoms with Crippen LogP contribution in [0, 0.1) is 14.5 Å². The highest BCUT2D eigenvalue weighted by atomic mass is 127. The molecule has 0 N–H and O–H groups in total. The summed E-state index contributed by atoms with van der Waals surface area (Å²) in [6.07, 6.45) is 0. The molecule has 1 aromatic rings. The Balaban J connectivity index is 3.17. The van der Waals surface area contributed by atoms with Crippen LogP contribution in [0.2, 0.25) is 0 Å². The molecule has 0 aliphatic carbocycles. The first kappa shape index (κ1) is 7.64. The minimum Gasteiger partial charge on any atom is -0.228 e. The van der Waals surface area contributed by atoms with E-state index in [-0.39, 0.29) is 0 Å². The van der Waals surface area contributed by atoms with Crippen LogP contribution in [-0.4, -0.2) is 9.97 Å². The molecule has 48 valence electrons. The highest BCUT2D eigenvalue weighted by Gasteiger charge is 1.93. The molecule has 0 fully saturated rings. The van der Waals surface area contributed by atoms with Gasteiger partial charge in [0, 0.05) is 28.3 Å². The fourth-order valence-electron chi connectivity index (χ4n) is 0.496. The quantitative estimate of drug-likeness (QED) is 0.408. The van der Waals surface area contributed by atoms with Crippen molar-refractivity contribution in [3.8, 4) is 0 Å². The van der Waals surface area contributed by atoms with E-state index in [0.29, 0.717) is 0 Å². The van der Waals surface area contributed by atoms with Crippen molar-refractivity contribution in [3.05, 3.63) is 19.3 Å². The van der Waals surface area contributed by atoms with Crippen molar-refractivity contribution in [2.24, 2.45) is 0 Å². The van der Waals surface area contributed by atoms with Crippen LogP contribution in [0.15, 0.2) is 6.07 Å². The van der Waals surface area contributed by atoms with E-state index in [1.54, 1.807) is 0 Å². The highest BCUT2D eigenvalue weighted by Crippen LogP contribution is 2.04. The Bertz CT molecular complexity index is 174. The van der Waals surface area contributed by atoms with Gasteiger partial charge in [-0.15, -0.1) is 0 Å². The fourth-order valence-corrected chi connectivity index (χ4v) is 2.28. The van der Waals surface area contributed by atoms with Crippen molar-refractivity contribution in [2.75, 3.05) is 0 Å². The molecule has 0 unspecified atom stereocenters. The molecular formula is C5H4I2N2. The van der Waals surface area contributed by atoms with Crippen molar-refractivity contribution >= 4 is 45.2 Å². The zero-order chi connectivity index (χ0) is 6.85. The Morgan fingerprint density at radius 3 is 2.44 bits per heavy atom. The molecule has 1 aromatic heterocycles. The second-order valence-electron chi connectivity index (χ2n) is 1.60. The second kappa shape index (κ2) is 3.09. The maximum absolute atomic E-state index is 4.11. The fraction of sp³-hybridized carbons (Fsp3) is 0.200. The van der Waals surface area contributed by atoms with E-state index in [4.69, 9.17) is 0 Å². The summed E-state index contributed by atoms with van der Waals surface area (Å²) in [7, 11) is 0. The molecule has 0 aliphatic rings. The van der Waals surface area contributed by atoms with Crippen molar-refractivity contribution in [1.29, 1.82) is 0 Å². The lowest BCUT2D eigenvalue weighted by molar-refractivity contribution is 1.03. The molecule has 0 atom stereocenters. The van der Waals surface area contributed by atoms with Gasteiger partial charge in [-0.05, 0) is 35.6 Å². The van der Waals surface area contributed by atoms with Gasteiger partial charge in [0.1, 0.15) is 3.70 Å². The Hall–Kier alpha value is 0.540. The molecular weight excluding hydrogens is 342 g/mol. The molecule has 9 heavy (non-hydrogen) atoms. The number of aromatic nitrogens is 2. The van der Waals surface area contributed by atoms with Crippen LogP contribution in [-0.2, 0) is 0 Å². The highest BCUT2D eigenvalue weighted by molar-refractivity contribution is 14.1. The van der Waals surface area contributed by atoms with Gasteiger partial charge in [0.15, 0.2) is 3.83 Å². The lowest BCUT2D eigenvalue weighted by Crippen LogP contribution is -1.91. The standard InChI is InChI=1S/C5H4I2N2/c1-3-2-4(6)9-5(7)8-3/h2H,1H3. The summed E-state index contributed by atoms with van der Waals surface area (Å²) in [5.74, 6) is 0. The molecule has 0 spiro atoms. The van der Waals surface area contributed by atoms with Crippen LogP contribution >= 0.6 is 45.2 Å². The molecule has 0 saturated carbocycles. The summed E-state index contributed by atoms with van der Waals surface area (Å²) in [5, 5.41) is 0.